The van der Waals surface area contributed by atoms with Crippen LogP contribution in [0.4, 0.5) is 0 Å². The molecule has 0 saturated carbocycles. The minimum absolute atomic E-state index is 0.00296. The predicted octanol–water partition coefficient (Wildman–Crippen LogP) is 9.90. The molecule has 230 valence electrons. The quantitative estimate of drug-likeness (QED) is 0.209. The van der Waals surface area contributed by atoms with Gasteiger partial charge in [-0.2, -0.15) is 0 Å². The summed E-state index contributed by atoms with van der Waals surface area (Å²) in [5.41, 5.74) is 10.4. The third-order valence-electron chi connectivity index (χ3n) is 9.02. The molecule has 7 rings (SSSR count). The fourth-order valence-corrected chi connectivity index (χ4v) is 6.31. The lowest BCUT2D eigenvalue weighted by molar-refractivity contribution is 0.0690. The van der Waals surface area contributed by atoms with E-state index < -0.39 is 5.97 Å². The highest BCUT2D eigenvalue weighted by Gasteiger charge is 2.24. The number of carboxylic acids is 1. The average Bonchev–Trinajstić information content (AvgIpc) is 3.57. The van der Waals surface area contributed by atoms with Crippen molar-refractivity contribution < 1.29 is 9.90 Å². The molecule has 0 atom stereocenters. The van der Waals surface area contributed by atoms with Gasteiger partial charge in [-0.25, -0.2) is 14.8 Å². The number of carbonyl (C=O) groups is 1. The van der Waals surface area contributed by atoms with Gasteiger partial charge in [-0.15, -0.1) is 0 Å². The molecule has 46 heavy (non-hydrogen) atoms. The molecule has 0 aliphatic carbocycles. The Bertz CT molecular complexity index is 2310. The zero-order valence-electron chi connectivity index (χ0n) is 27.4. The van der Waals surface area contributed by atoms with Crippen molar-refractivity contribution in [3.8, 4) is 33.8 Å². The summed E-state index contributed by atoms with van der Waals surface area (Å²) in [6.07, 6.45) is 0. The van der Waals surface area contributed by atoms with Gasteiger partial charge < -0.3 is 14.7 Å². The number of fused-ring (bicyclic) bond motifs is 4. The number of imidazole rings is 1. The normalized spacial score (nSPS) is 12.4. The molecule has 0 radical (unpaired) electrons. The largest absolute Gasteiger partial charge is 0.477 e. The molecular formula is C40H38N4O2. The van der Waals surface area contributed by atoms with Crippen molar-refractivity contribution in [2.45, 2.75) is 52.4 Å². The number of hydrogen-bond acceptors (Lipinski definition) is 3. The van der Waals surface area contributed by atoms with Crippen LogP contribution in [0.3, 0.4) is 0 Å². The number of aromatic carboxylic acids is 1. The SMILES string of the molecule is Cn1c(-c2cc(C(C)(C)C)cc3c2[nH]c2ccc(C(C)(C)C)cc23)nc2c(-c3cc(-c4ccccc4)cc(C(=O)O)n3)cccc21. The van der Waals surface area contributed by atoms with E-state index in [9.17, 15) is 9.90 Å². The number of para-hydroxylation sites is 1. The molecule has 0 spiro atoms. The molecule has 6 heteroatoms. The lowest BCUT2D eigenvalue weighted by Crippen LogP contribution is -2.11. The maximum Gasteiger partial charge on any atom is 0.354 e. The molecular weight excluding hydrogens is 568 g/mol. The molecule has 6 nitrogen and oxygen atoms in total. The zero-order chi connectivity index (χ0) is 32.5. The van der Waals surface area contributed by atoms with Gasteiger partial charge in [0.05, 0.1) is 22.2 Å². The van der Waals surface area contributed by atoms with Gasteiger partial charge in [-0.1, -0.05) is 90.1 Å². The second kappa shape index (κ2) is 10.4. The number of aromatic amines is 1. The van der Waals surface area contributed by atoms with E-state index in [0.29, 0.717) is 5.69 Å². The van der Waals surface area contributed by atoms with Crippen LogP contribution in [0.25, 0.3) is 66.6 Å². The number of aromatic nitrogens is 4. The highest BCUT2D eigenvalue weighted by Crippen LogP contribution is 2.40. The summed E-state index contributed by atoms with van der Waals surface area (Å²) >= 11 is 0. The number of benzene rings is 4. The standard InChI is InChI=1S/C40H38N4O2/c1-39(2,3)25-16-17-31-28(20-25)29-21-26(40(4,5)6)22-30(35(29)42-31)37-43-36-27(14-11-15-34(36)44(37)7)32-18-24(19-33(41-32)38(45)46)23-12-9-8-10-13-23/h8-22,42H,1-7H3,(H,45,46). The van der Waals surface area contributed by atoms with Crippen LogP contribution in [0.5, 0.6) is 0 Å². The monoisotopic (exact) mass is 606 g/mol. The van der Waals surface area contributed by atoms with Crippen LogP contribution in [0.1, 0.15) is 63.2 Å². The third-order valence-corrected chi connectivity index (χ3v) is 9.02. The summed E-state index contributed by atoms with van der Waals surface area (Å²) in [4.78, 5) is 25.8. The van der Waals surface area contributed by atoms with Crippen LogP contribution in [0.2, 0.25) is 0 Å². The van der Waals surface area contributed by atoms with Crippen LogP contribution in [-0.2, 0) is 17.9 Å². The molecule has 0 aliphatic heterocycles. The Kier molecular flexibility index (Phi) is 6.67. The Morgan fingerprint density at radius 3 is 2.13 bits per heavy atom. The highest BCUT2D eigenvalue weighted by atomic mass is 16.4. The maximum atomic E-state index is 12.2. The second-order valence-corrected chi connectivity index (χ2v) is 14.3. The van der Waals surface area contributed by atoms with Gasteiger partial charge in [-0.05, 0) is 75.5 Å². The number of rotatable bonds is 4. The Balaban J connectivity index is 1.49. The number of nitrogens with zero attached hydrogens (tertiary/aromatic N) is 3. The molecule has 4 aromatic carbocycles. The highest BCUT2D eigenvalue weighted by molar-refractivity contribution is 6.12. The van der Waals surface area contributed by atoms with Crippen molar-refractivity contribution in [3.05, 3.63) is 108 Å². The Morgan fingerprint density at radius 1 is 0.717 bits per heavy atom. The summed E-state index contributed by atoms with van der Waals surface area (Å²) in [5.74, 6) is -0.235. The fraction of sp³-hybridized carbons (Fsp3) is 0.225. The minimum Gasteiger partial charge on any atom is -0.477 e. The maximum absolute atomic E-state index is 12.2. The predicted molar refractivity (Wildman–Crippen MR) is 189 cm³/mol. The van der Waals surface area contributed by atoms with Crippen molar-refractivity contribution in [3.63, 3.8) is 0 Å². The smallest absolute Gasteiger partial charge is 0.354 e. The van der Waals surface area contributed by atoms with E-state index in [2.05, 4.69) is 92.5 Å². The van der Waals surface area contributed by atoms with Crippen molar-refractivity contribution in [2.75, 3.05) is 0 Å². The molecule has 0 saturated heterocycles. The van der Waals surface area contributed by atoms with E-state index in [-0.39, 0.29) is 16.5 Å². The lowest BCUT2D eigenvalue weighted by Gasteiger charge is -2.21. The van der Waals surface area contributed by atoms with Crippen molar-refractivity contribution in [2.24, 2.45) is 7.05 Å². The Labute approximate surface area is 268 Å². The van der Waals surface area contributed by atoms with Gasteiger partial charge in [0.25, 0.3) is 0 Å². The van der Waals surface area contributed by atoms with Gasteiger partial charge in [0, 0.05) is 34.5 Å². The molecule has 3 aromatic heterocycles. The summed E-state index contributed by atoms with van der Waals surface area (Å²) in [6, 6.07) is 30.7. The van der Waals surface area contributed by atoms with Crippen LogP contribution < -0.4 is 0 Å². The zero-order valence-corrected chi connectivity index (χ0v) is 27.4. The van der Waals surface area contributed by atoms with Gasteiger partial charge in [0.2, 0.25) is 0 Å². The van der Waals surface area contributed by atoms with Crippen LogP contribution in [0.15, 0.2) is 91.0 Å². The third kappa shape index (κ3) is 4.94. The van der Waals surface area contributed by atoms with Crippen molar-refractivity contribution in [1.82, 2.24) is 19.5 Å². The lowest BCUT2D eigenvalue weighted by atomic mass is 9.84. The summed E-state index contributed by atoms with van der Waals surface area (Å²) in [6.45, 7) is 13.5. The van der Waals surface area contributed by atoms with Gasteiger partial charge in [0.1, 0.15) is 11.5 Å². The number of carboxylic acid groups (broad SMARTS) is 1. The minimum atomic E-state index is -1.07. The van der Waals surface area contributed by atoms with Crippen molar-refractivity contribution in [1.29, 1.82) is 0 Å². The van der Waals surface area contributed by atoms with Gasteiger partial charge in [-0.3, -0.25) is 0 Å². The second-order valence-electron chi connectivity index (χ2n) is 14.3. The van der Waals surface area contributed by atoms with Crippen LogP contribution in [0, 0.1) is 0 Å². The van der Waals surface area contributed by atoms with E-state index >= 15 is 0 Å². The summed E-state index contributed by atoms with van der Waals surface area (Å²) in [7, 11) is 2.04. The summed E-state index contributed by atoms with van der Waals surface area (Å²) in [5, 5.41) is 12.4. The molecule has 2 N–H and O–H groups in total. The van der Waals surface area contributed by atoms with E-state index in [1.54, 1.807) is 6.07 Å². The van der Waals surface area contributed by atoms with E-state index in [0.717, 1.165) is 50.1 Å². The molecule has 0 unspecified atom stereocenters. The number of H-pyrrole nitrogens is 1. The fourth-order valence-electron chi connectivity index (χ4n) is 6.31. The molecule has 0 aliphatic rings. The number of aryl methyl sites for hydroxylation is 1. The average molecular weight is 607 g/mol. The first kappa shape index (κ1) is 29.5. The molecule has 0 fully saturated rings. The molecule has 0 amide bonds. The molecule has 0 bridgehead atoms. The number of nitrogens with one attached hydrogen (secondary N) is 1. The molecule has 7 aromatic rings. The van der Waals surface area contributed by atoms with Gasteiger partial charge >= 0.3 is 5.97 Å². The van der Waals surface area contributed by atoms with Crippen LogP contribution in [-0.4, -0.2) is 30.6 Å². The van der Waals surface area contributed by atoms with Crippen molar-refractivity contribution >= 4 is 38.8 Å². The van der Waals surface area contributed by atoms with E-state index in [1.807, 2.05) is 55.6 Å². The topological polar surface area (TPSA) is 83.8 Å². The van der Waals surface area contributed by atoms with Crippen LogP contribution >= 0.6 is 0 Å². The Hall–Kier alpha value is -5.23. The van der Waals surface area contributed by atoms with E-state index in [4.69, 9.17) is 4.98 Å². The summed E-state index contributed by atoms with van der Waals surface area (Å²) < 4.78 is 2.13. The number of pyridine rings is 1. The van der Waals surface area contributed by atoms with E-state index in [1.165, 1.54) is 21.9 Å². The Morgan fingerprint density at radius 2 is 1.43 bits per heavy atom. The first-order valence-corrected chi connectivity index (χ1v) is 15.7. The first-order chi connectivity index (χ1) is 21.8. The molecule has 3 heterocycles. The van der Waals surface area contributed by atoms with Gasteiger partial charge in [0.15, 0.2) is 0 Å². The number of hydrogen-bond donors (Lipinski definition) is 2. The first-order valence-electron chi connectivity index (χ1n) is 15.7.